The van der Waals surface area contributed by atoms with Gasteiger partial charge in [0.25, 0.3) is 5.89 Å². The van der Waals surface area contributed by atoms with Crippen LogP contribution in [0.2, 0.25) is 0 Å². The fraction of sp³-hybridized carbons (Fsp3) is 0.833. The molecule has 2 unspecified atom stereocenters. The molecular formula is C12H21N3O3. The van der Waals surface area contributed by atoms with Crippen LogP contribution in [0.15, 0.2) is 4.52 Å². The lowest BCUT2D eigenvalue weighted by Crippen LogP contribution is -2.39. The van der Waals surface area contributed by atoms with Gasteiger partial charge in [0.2, 0.25) is 0 Å². The predicted octanol–water partition coefficient (Wildman–Crippen LogP) is 1.31. The second-order valence-corrected chi connectivity index (χ2v) is 5.16. The maximum Gasteiger partial charge on any atom is 0.258 e. The van der Waals surface area contributed by atoms with Crippen LogP contribution in [0.25, 0.3) is 0 Å². The van der Waals surface area contributed by atoms with E-state index in [4.69, 9.17) is 19.7 Å². The number of hydrogen-bond donors (Lipinski definition) is 1. The fourth-order valence-corrected chi connectivity index (χ4v) is 2.00. The lowest BCUT2D eigenvalue weighted by Gasteiger charge is -2.20. The molecule has 2 heterocycles. The molecule has 0 spiro atoms. The first-order chi connectivity index (χ1) is 8.48. The van der Waals surface area contributed by atoms with Gasteiger partial charge in [0.05, 0.1) is 6.61 Å². The van der Waals surface area contributed by atoms with Crippen molar-refractivity contribution in [3.63, 3.8) is 0 Å². The van der Waals surface area contributed by atoms with Crippen molar-refractivity contribution in [3.8, 4) is 0 Å². The summed E-state index contributed by atoms with van der Waals surface area (Å²) < 4.78 is 16.3. The first kappa shape index (κ1) is 13.5. The fourth-order valence-electron chi connectivity index (χ4n) is 2.00. The summed E-state index contributed by atoms with van der Waals surface area (Å²) in [5, 5.41) is 3.96. The van der Waals surface area contributed by atoms with Crippen LogP contribution >= 0.6 is 0 Å². The molecule has 0 bridgehead atoms. The van der Waals surface area contributed by atoms with Gasteiger partial charge in [-0.3, -0.25) is 0 Å². The largest absolute Gasteiger partial charge is 0.379 e. The molecule has 1 fully saturated rings. The van der Waals surface area contributed by atoms with Gasteiger partial charge in [-0.05, 0) is 33.6 Å². The quantitative estimate of drug-likeness (QED) is 0.854. The molecular weight excluding hydrogens is 234 g/mol. The summed E-state index contributed by atoms with van der Waals surface area (Å²) in [5.41, 5.74) is 4.92. The molecule has 1 aliphatic rings. The Hall–Kier alpha value is -0.980. The minimum atomic E-state index is -0.743. The third-order valence-electron chi connectivity index (χ3n) is 3.21. The highest BCUT2D eigenvalue weighted by atomic mass is 16.5. The molecule has 2 rings (SSSR count). The SMILES string of the molecule is CCOCC(C)(N)c1noc(C2(C)CCCO2)n1. The Kier molecular flexibility index (Phi) is 3.70. The molecule has 0 aliphatic carbocycles. The van der Waals surface area contributed by atoms with Gasteiger partial charge >= 0.3 is 0 Å². The third kappa shape index (κ3) is 2.55. The first-order valence-electron chi connectivity index (χ1n) is 6.33. The van der Waals surface area contributed by atoms with E-state index in [1.807, 2.05) is 20.8 Å². The molecule has 1 aliphatic heterocycles. The van der Waals surface area contributed by atoms with Gasteiger partial charge < -0.3 is 19.7 Å². The number of nitrogens with zero attached hydrogens (tertiary/aromatic N) is 2. The van der Waals surface area contributed by atoms with E-state index in [-0.39, 0.29) is 0 Å². The van der Waals surface area contributed by atoms with E-state index in [0.717, 1.165) is 19.4 Å². The summed E-state index contributed by atoms with van der Waals surface area (Å²) in [7, 11) is 0. The molecule has 1 aromatic rings. The van der Waals surface area contributed by atoms with E-state index >= 15 is 0 Å². The first-order valence-corrected chi connectivity index (χ1v) is 6.33. The van der Waals surface area contributed by atoms with E-state index in [1.54, 1.807) is 0 Å². The van der Waals surface area contributed by atoms with E-state index in [1.165, 1.54) is 0 Å². The van der Waals surface area contributed by atoms with Crippen LogP contribution in [0.3, 0.4) is 0 Å². The van der Waals surface area contributed by atoms with Crippen LogP contribution in [-0.2, 0) is 20.6 Å². The maximum atomic E-state index is 6.13. The Bertz CT molecular complexity index is 397. The lowest BCUT2D eigenvalue weighted by atomic mass is 10.0. The van der Waals surface area contributed by atoms with Crippen molar-refractivity contribution < 1.29 is 14.0 Å². The zero-order chi connectivity index (χ0) is 13.2. The second kappa shape index (κ2) is 4.95. The lowest BCUT2D eigenvalue weighted by molar-refractivity contribution is -0.00937. The predicted molar refractivity (Wildman–Crippen MR) is 64.9 cm³/mol. The second-order valence-electron chi connectivity index (χ2n) is 5.16. The minimum absolute atomic E-state index is 0.361. The Morgan fingerprint density at radius 1 is 1.56 bits per heavy atom. The topological polar surface area (TPSA) is 83.4 Å². The molecule has 6 heteroatoms. The molecule has 0 aromatic carbocycles. The van der Waals surface area contributed by atoms with Gasteiger partial charge in [-0.2, -0.15) is 4.98 Å². The molecule has 18 heavy (non-hydrogen) atoms. The third-order valence-corrected chi connectivity index (χ3v) is 3.21. The molecule has 2 atom stereocenters. The van der Waals surface area contributed by atoms with Crippen molar-refractivity contribution in [3.05, 3.63) is 11.7 Å². The molecule has 102 valence electrons. The van der Waals surface area contributed by atoms with E-state index in [0.29, 0.717) is 24.9 Å². The summed E-state index contributed by atoms with van der Waals surface area (Å²) in [6, 6.07) is 0. The summed E-state index contributed by atoms with van der Waals surface area (Å²) in [4.78, 5) is 4.38. The normalized spacial score (nSPS) is 27.3. The van der Waals surface area contributed by atoms with Crippen molar-refractivity contribution >= 4 is 0 Å². The highest BCUT2D eigenvalue weighted by molar-refractivity contribution is 5.06. The van der Waals surface area contributed by atoms with Crippen LogP contribution in [-0.4, -0.2) is 30.0 Å². The van der Waals surface area contributed by atoms with Gasteiger partial charge in [-0.15, -0.1) is 0 Å². The number of nitrogens with two attached hydrogens (primary N) is 1. The Morgan fingerprint density at radius 2 is 2.33 bits per heavy atom. The van der Waals surface area contributed by atoms with E-state index in [2.05, 4.69) is 10.1 Å². The molecule has 2 N–H and O–H groups in total. The van der Waals surface area contributed by atoms with Crippen molar-refractivity contribution in [1.82, 2.24) is 10.1 Å². The monoisotopic (exact) mass is 255 g/mol. The Balaban J connectivity index is 2.14. The van der Waals surface area contributed by atoms with Crippen molar-refractivity contribution in [2.24, 2.45) is 5.73 Å². The highest BCUT2D eigenvalue weighted by Crippen LogP contribution is 2.35. The smallest absolute Gasteiger partial charge is 0.258 e. The molecule has 0 amide bonds. The van der Waals surface area contributed by atoms with Crippen LogP contribution in [0.5, 0.6) is 0 Å². The molecule has 1 saturated heterocycles. The van der Waals surface area contributed by atoms with Crippen molar-refractivity contribution in [2.75, 3.05) is 19.8 Å². The average molecular weight is 255 g/mol. The van der Waals surface area contributed by atoms with Gasteiger partial charge in [-0.25, -0.2) is 0 Å². The summed E-state index contributed by atoms with van der Waals surface area (Å²) in [6.45, 7) is 7.42. The van der Waals surface area contributed by atoms with E-state index in [9.17, 15) is 0 Å². The zero-order valence-corrected chi connectivity index (χ0v) is 11.2. The minimum Gasteiger partial charge on any atom is -0.379 e. The number of rotatable bonds is 5. The highest BCUT2D eigenvalue weighted by Gasteiger charge is 2.39. The van der Waals surface area contributed by atoms with Crippen molar-refractivity contribution in [2.45, 2.75) is 44.8 Å². The maximum absolute atomic E-state index is 6.13. The summed E-state index contributed by atoms with van der Waals surface area (Å²) >= 11 is 0. The van der Waals surface area contributed by atoms with Crippen LogP contribution in [0.1, 0.15) is 45.3 Å². The van der Waals surface area contributed by atoms with Crippen molar-refractivity contribution in [1.29, 1.82) is 0 Å². The standard InChI is InChI=1S/C12H21N3O3/c1-4-16-8-11(2,13)9-14-10(18-15-9)12(3)6-5-7-17-12/h4-8,13H2,1-3H3. The number of ether oxygens (including phenoxy) is 2. The average Bonchev–Trinajstić information content (AvgIpc) is 2.95. The molecule has 6 nitrogen and oxygen atoms in total. The Morgan fingerprint density at radius 3 is 2.94 bits per heavy atom. The van der Waals surface area contributed by atoms with Gasteiger partial charge in [0.15, 0.2) is 5.82 Å². The molecule has 0 saturated carbocycles. The van der Waals surface area contributed by atoms with E-state index < -0.39 is 11.1 Å². The van der Waals surface area contributed by atoms with Crippen LogP contribution in [0, 0.1) is 0 Å². The van der Waals surface area contributed by atoms with Gasteiger partial charge in [0.1, 0.15) is 11.1 Å². The summed E-state index contributed by atoms with van der Waals surface area (Å²) in [6.07, 6.45) is 1.90. The number of hydrogen-bond acceptors (Lipinski definition) is 6. The Labute approximate surface area is 107 Å². The van der Waals surface area contributed by atoms with Gasteiger partial charge in [-0.1, -0.05) is 5.16 Å². The summed E-state index contributed by atoms with van der Waals surface area (Å²) in [5.74, 6) is 0.964. The van der Waals surface area contributed by atoms with Gasteiger partial charge in [0, 0.05) is 13.2 Å². The number of aromatic nitrogens is 2. The van der Waals surface area contributed by atoms with Crippen LogP contribution < -0.4 is 5.73 Å². The van der Waals surface area contributed by atoms with Crippen LogP contribution in [0.4, 0.5) is 0 Å². The molecule has 0 radical (unpaired) electrons. The zero-order valence-electron chi connectivity index (χ0n) is 11.2. The molecule has 1 aromatic heterocycles.